The Morgan fingerprint density at radius 3 is 2.50 bits per heavy atom. The molecule has 0 unspecified atom stereocenters. The Hall–Kier alpha value is -0.590. The molecule has 1 aliphatic carbocycles. The van der Waals surface area contributed by atoms with Gasteiger partial charge in [-0.1, -0.05) is 38.7 Å². The standard InChI is InChI=1S/C15H26O/c1-3-4-5-6-8-11-14(16)15(2)12-9-7-10-13-15/h3H,1,4-13H2,2H3. The van der Waals surface area contributed by atoms with Crippen LogP contribution >= 0.6 is 0 Å². The van der Waals surface area contributed by atoms with E-state index >= 15 is 0 Å². The van der Waals surface area contributed by atoms with Gasteiger partial charge in [0, 0.05) is 11.8 Å². The molecule has 0 aliphatic heterocycles. The highest BCUT2D eigenvalue weighted by Crippen LogP contribution is 2.37. The third kappa shape index (κ3) is 4.11. The molecule has 1 saturated carbocycles. The number of unbranched alkanes of at least 4 members (excludes halogenated alkanes) is 3. The van der Waals surface area contributed by atoms with Crippen molar-refractivity contribution < 1.29 is 4.79 Å². The molecular formula is C15H26O. The zero-order valence-corrected chi connectivity index (χ0v) is 10.8. The number of carbonyl (C=O) groups is 1. The summed E-state index contributed by atoms with van der Waals surface area (Å²) in [4.78, 5) is 12.1. The Morgan fingerprint density at radius 2 is 1.88 bits per heavy atom. The maximum atomic E-state index is 12.1. The van der Waals surface area contributed by atoms with Gasteiger partial charge in [0.1, 0.15) is 5.78 Å². The lowest BCUT2D eigenvalue weighted by Gasteiger charge is -2.32. The first-order chi connectivity index (χ1) is 7.69. The quantitative estimate of drug-likeness (QED) is 0.452. The lowest BCUT2D eigenvalue weighted by Crippen LogP contribution is -2.30. The van der Waals surface area contributed by atoms with E-state index in [2.05, 4.69) is 13.5 Å². The van der Waals surface area contributed by atoms with Crippen LogP contribution in [0.1, 0.15) is 71.1 Å². The van der Waals surface area contributed by atoms with Crippen LogP contribution in [0.5, 0.6) is 0 Å². The van der Waals surface area contributed by atoms with Crippen molar-refractivity contribution in [2.75, 3.05) is 0 Å². The molecule has 0 amide bonds. The minimum Gasteiger partial charge on any atom is -0.299 e. The normalized spacial score (nSPS) is 19.3. The van der Waals surface area contributed by atoms with Crippen LogP contribution in [0.25, 0.3) is 0 Å². The van der Waals surface area contributed by atoms with E-state index < -0.39 is 0 Å². The summed E-state index contributed by atoms with van der Waals surface area (Å²) in [6.07, 6.45) is 13.4. The number of carbonyl (C=O) groups excluding carboxylic acids is 1. The maximum absolute atomic E-state index is 12.1. The number of allylic oxidation sites excluding steroid dienone is 1. The highest BCUT2D eigenvalue weighted by Gasteiger charge is 2.33. The summed E-state index contributed by atoms with van der Waals surface area (Å²) in [6.45, 7) is 5.89. The fraction of sp³-hybridized carbons (Fsp3) is 0.800. The molecule has 0 atom stereocenters. The summed E-state index contributed by atoms with van der Waals surface area (Å²) in [5.41, 5.74) is 0.0245. The molecule has 0 aromatic carbocycles. The molecule has 0 radical (unpaired) electrons. The number of hydrogen-bond donors (Lipinski definition) is 0. The highest BCUT2D eigenvalue weighted by molar-refractivity contribution is 5.84. The maximum Gasteiger partial charge on any atom is 0.138 e. The topological polar surface area (TPSA) is 17.1 Å². The van der Waals surface area contributed by atoms with Gasteiger partial charge in [-0.15, -0.1) is 6.58 Å². The molecule has 0 N–H and O–H groups in total. The van der Waals surface area contributed by atoms with Crippen LogP contribution in [0.2, 0.25) is 0 Å². The minimum absolute atomic E-state index is 0.0245. The number of ketones is 1. The molecule has 0 aromatic rings. The Kier molecular flexibility index (Phi) is 5.79. The monoisotopic (exact) mass is 222 g/mol. The van der Waals surface area contributed by atoms with Crippen LogP contribution in [-0.4, -0.2) is 5.78 Å². The lowest BCUT2D eigenvalue weighted by atomic mass is 9.71. The van der Waals surface area contributed by atoms with Gasteiger partial charge in [0.05, 0.1) is 0 Å². The molecule has 0 spiro atoms. The molecule has 1 heteroatoms. The second-order valence-corrected chi connectivity index (χ2v) is 5.43. The fourth-order valence-corrected chi connectivity index (χ4v) is 2.66. The first-order valence-electron chi connectivity index (χ1n) is 6.83. The molecule has 0 saturated heterocycles. The van der Waals surface area contributed by atoms with Gasteiger partial charge in [0.15, 0.2) is 0 Å². The average molecular weight is 222 g/mol. The molecule has 92 valence electrons. The predicted molar refractivity (Wildman–Crippen MR) is 69.5 cm³/mol. The largest absolute Gasteiger partial charge is 0.299 e. The summed E-state index contributed by atoms with van der Waals surface area (Å²) in [5, 5.41) is 0. The first-order valence-corrected chi connectivity index (χ1v) is 6.83. The van der Waals surface area contributed by atoms with E-state index in [4.69, 9.17) is 0 Å². The van der Waals surface area contributed by atoms with Gasteiger partial charge in [-0.25, -0.2) is 0 Å². The van der Waals surface area contributed by atoms with Gasteiger partial charge in [-0.05, 0) is 32.1 Å². The average Bonchev–Trinajstić information content (AvgIpc) is 2.29. The Morgan fingerprint density at radius 1 is 1.19 bits per heavy atom. The summed E-state index contributed by atoms with van der Waals surface area (Å²) in [5.74, 6) is 0.519. The predicted octanol–water partition coefficient (Wildman–Crippen LogP) is 4.66. The van der Waals surface area contributed by atoms with Gasteiger partial charge < -0.3 is 0 Å². The van der Waals surface area contributed by atoms with Crippen molar-refractivity contribution in [3.63, 3.8) is 0 Å². The SMILES string of the molecule is C=CCCCCCC(=O)C1(C)CCCCC1. The van der Waals surface area contributed by atoms with Gasteiger partial charge in [-0.2, -0.15) is 0 Å². The van der Waals surface area contributed by atoms with Gasteiger partial charge in [-0.3, -0.25) is 4.79 Å². The van der Waals surface area contributed by atoms with Gasteiger partial charge in [0.2, 0.25) is 0 Å². The van der Waals surface area contributed by atoms with Gasteiger partial charge in [0.25, 0.3) is 0 Å². The molecule has 0 heterocycles. The molecule has 1 nitrogen and oxygen atoms in total. The first kappa shape index (κ1) is 13.5. The molecule has 1 rings (SSSR count). The van der Waals surface area contributed by atoms with Crippen LogP contribution in [-0.2, 0) is 4.79 Å². The van der Waals surface area contributed by atoms with Crippen LogP contribution in [0.4, 0.5) is 0 Å². The van der Waals surface area contributed by atoms with Crippen molar-refractivity contribution in [1.82, 2.24) is 0 Å². The van der Waals surface area contributed by atoms with Crippen LogP contribution < -0.4 is 0 Å². The summed E-state index contributed by atoms with van der Waals surface area (Å²) >= 11 is 0. The van der Waals surface area contributed by atoms with E-state index in [1.807, 2.05) is 6.08 Å². The zero-order valence-electron chi connectivity index (χ0n) is 10.8. The van der Waals surface area contributed by atoms with Crippen molar-refractivity contribution in [3.8, 4) is 0 Å². The van der Waals surface area contributed by atoms with Gasteiger partial charge >= 0.3 is 0 Å². The van der Waals surface area contributed by atoms with Crippen molar-refractivity contribution in [3.05, 3.63) is 12.7 Å². The van der Waals surface area contributed by atoms with Crippen LogP contribution in [0.15, 0.2) is 12.7 Å². The smallest absolute Gasteiger partial charge is 0.138 e. The Bertz CT molecular complexity index is 224. The minimum atomic E-state index is 0.0245. The molecular weight excluding hydrogens is 196 g/mol. The Balaban J connectivity index is 2.20. The Labute approximate surface area is 100 Å². The van der Waals surface area contributed by atoms with E-state index in [0.29, 0.717) is 5.78 Å². The number of rotatable bonds is 7. The lowest BCUT2D eigenvalue weighted by molar-refractivity contribution is -0.129. The third-order valence-electron chi connectivity index (χ3n) is 3.94. The molecule has 1 aliphatic rings. The van der Waals surface area contributed by atoms with E-state index in [9.17, 15) is 4.79 Å². The molecule has 16 heavy (non-hydrogen) atoms. The van der Waals surface area contributed by atoms with Crippen molar-refractivity contribution >= 4 is 5.78 Å². The van der Waals surface area contributed by atoms with Crippen molar-refractivity contribution in [1.29, 1.82) is 0 Å². The summed E-state index contributed by atoms with van der Waals surface area (Å²) in [6, 6.07) is 0. The molecule has 0 aromatic heterocycles. The fourth-order valence-electron chi connectivity index (χ4n) is 2.66. The van der Waals surface area contributed by atoms with E-state index in [1.54, 1.807) is 0 Å². The van der Waals surface area contributed by atoms with Crippen LogP contribution in [0.3, 0.4) is 0 Å². The van der Waals surface area contributed by atoms with Crippen molar-refractivity contribution in [2.24, 2.45) is 5.41 Å². The summed E-state index contributed by atoms with van der Waals surface area (Å²) in [7, 11) is 0. The second-order valence-electron chi connectivity index (χ2n) is 5.43. The van der Waals surface area contributed by atoms with E-state index in [0.717, 1.165) is 32.1 Å². The molecule has 0 bridgehead atoms. The van der Waals surface area contributed by atoms with Crippen molar-refractivity contribution in [2.45, 2.75) is 71.1 Å². The molecule has 1 fully saturated rings. The van der Waals surface area contributed by atoms with Crippen LogP contribution in [0, 0.1) is 5.41 Å². The van der Waals surface area contributed by atoms with E-state index in [-0.39, 0.29) is 5.41 Å². The van der Waals surface area contributed by atoms with E-state index in [1.165, 1.54) is 32.1 Å². The summed E-state index contributed by atoms with van der Waals surface area (Å²) < 4.78 is 0. The number of hydrogen-bond acceptors (Lipinski definition) is 1. The second kappa shape index (κ2) is 6.88. The number of Topliss-reactive ketones (excluding diaryl/α,β-unsaturated/α-hetero) is 1. The zero-order chi connectivity index (χ0) is 11.9. The highest BCUT2D eigenvalue weighted by atomic mass is 16.1. The third-order valence-corrected chi connectivity index (χ3v) is 3.94.